The van der Waals surface area contributed by atoms with Crippen LogP contribution in [0.3, 0.4) is 0 Å². The number of carbonyl (C=O) groups excluding carboxylic acids is 1. The summed E-state index contributed by atoms with van der Waals surface area (Å²) in [5, 5.41) is 20.1. The summed E-state index contributed by atoms with van der Waals surface area (Å²) < 4.78 is 7.27. The highest BCUT2D eigenvalue weighted by Crippen LogP contribution is 2.20. The maximum Gasteiger partial charge on any atom is 0.369 e. The van der Waals surface area contributed by atoms with Crippen LogP contribution in [-0.2, 0) is 11.3 Å². The van der Waals surface area contributed by atoms with Gasteiger partial charge in [-0.05, 0) is 46.1 Å². The Morgan fingerprint density at radius 3 is 2.92 bits per heavy atom. The molecule has 0 spiro atoms. The Hall–Kier alpha value is -3.60. The van der Waals surface area contributed by atoms with Crippen molar-refractivity contribution >= 4 is 22.9 Å². The van der Waals surface area contributed by atoms with E-state index in [1.165, 1.54) is 17.7 Å². The van der Waals surface area contributed by atoms with Crippen LogP contribution in [0.2, 0.25) is 0 Å². The molecule has 0 saturated carbocycles. The molecule has 130 valence electrons. The van der Waals surface area contributed by atoms with Gasteiger partial charge in [0.15, 0.2) is 0 Å². The average Bonchev–Trinajstić information content (AvgIpc) is 3.38. The number of anilines is 1. The monoisotopic (exact) mass is 369 g/mol. The van der Waals surface area contributed by atoms with Crippen LogP contribution in [0.1, 0.15) is 0 Å². The van der Waals surface area contributed by atoms with Crippen LogP contribution in [0.5, 0.6) is 0 Å². The predicted octanol–water partition coefficient (Wildman–Crippen LogP) is 1.18. The van der Waals surface area contributed by atoms with Crippen LogP contribution in [0.15, 0.2) is 57.4 Å². The van der Waals surface area contributed by atoms with E-state index < -0.39 is 11.6 Å². The second-order valence-corrected chi connectivity index (χ2v) is 6.08. The number of nitrogens with zero attached hydrogens (tertiary/aromatic N) is 6. The molecule has 3 heterocycles. The van der Waals surface area contributed by atoms with Crippen molar-refractivity contribution in [3.05, 3.63) is 58.7 Å². The first-order valence-electron chi connectivity index (χ1n) is 7.44. The number of carbonyl (C=O) groups is 1. The number of hydrogen-bond acceptors (Lipinski definition) is 8. The number of benzene rings is 1. The highest BCUT2D eigenvalue weighted by Gasteiger charge is 2.13. The molecule has 0 fully saturated rings. The van der Waals surface area contributed by atoms with Crippen LogP contribution in [0.4, 0.5) is 5.69 Å². The molecule has 11 heteroatoms. The molecule has 0 atom stereocenters. The van der Waals surface area contributed by atoms with E-state index in [1.54, 1.807) is 36.4 Å². The minimum Gasteiger partial charge on any atom is -0.423 e. The van der Waals surface area contributed by atoms with Crippen molar-refractivity contribution in [2.24, 2.45) is 0 Å². The molecule has 4 aromatic rings. The molecule has 3 aromatic heterocycles. The third-order valence-electron chi connectivity index (χ3n) is 3.40. The van der Waals surface area contributed by atoms with Gasteiger partial charge in [0, 0.05) is 11.3 Å². The summed E-state index contributed by atoms with van der Waals surface area (Å²) in [6, 6.07) is 10.5. The third kappa shape index (κ3) is 3.15. The van der Waals surface area contributed by atoms with Crippen molar-refractivity contribution in [3.8, 4) is 16.5 Å². The lowest BCUT2D eigenvalue weighted by molar-refractivity contribution is -0.117. The van der Waals surface area contributed by atoms with Gasteiger partial charge < -0.3 is 9.73 Å². The van der Waals surface area contributed by atoms with Crippen molar-refractivity contribution in [2.75, 3.05) is 5.32 Å². The van der Waals surface area contributed by atoms with Crippen LogP contribution in [0.25, 0.3) is 16.5 Å². The fraction of sp³-hybridized carbons (Fsp3) is 0.0667. The molecule has 1 amide bonds. The van der Waals surface area contributed by atoms with Gasteiger partial charge in [-0.25, -0.2) is 4.79 Å². The molecule has 0 unspecified atom stereocenters. The van der Waals surface area contributed by atoms with E-state index in [1.807, 2.05) is 5.38 Å². The molecule has 1 aromatic carbocycles. The zero-order valence-electron chi connectivity index (χ0n) is 13.1. The Kier molecular flexibility index (Phi) is 4.11. The average molecular weight is 369 g/mol. The molecule has 1 N–H and O–H groups in total. The Morgan fingerprint density at radius 2 is 2.15 bits per heavy atom. The van der Waals surface area contributed by atoms with Crippen LogP contribution >= 0.6 is 11.3 Å². The van der Waals surface area contributed by atoms with Crippen molar-refractivity contribution in [1.82, 2.24) is 30.0 Å². The summed E-state index contributed by atoms with van der Waals surface area (Å²) in [4.78, 5) is 24.5. The summed E-state index contributed by atoms with van der Waals surface area (Å²) in [6.07, 6.45) is 1.23. The molecule has 10 nitrogen and oxygen atoms in total. The number of thiophene rings is 1. The van der Waals surface area contributed by atoms with E-state index in [4.69, 9.17) is 4.42 Å². The quantitative estimate of drug-likeness (QED) is 0.561. The van der Waals surface area contributed by atoms with Gasteiger partial charge in [-0.15, -0.1) is 21.5 Å². The lowest BCUT2D eigenvalue weighted by atomic mass is 10.2. The third-order valence-corrected chi connectivity index (χ3v) is 4.24. The lowest BCUT2D eigenvalue weighted by Crippen LogP contribution is -2.29. The van der Waals surface area contributed by atoms with Gasteiger partial charge in [-0.3, -0.25) is 4.79 Å². The maximum absolute atomic E-state index is 12.3. The number of aromatic nitrogens is 6. The Balaban J connectivity index is 1.48. The van der Waals surface area contributed by atoms with Crippen molar-refractivity contribution in [2.45, 2.75) is 6.54 Å². The van der Waals surface area contributed by atoms with E-state index in [2.05, 4.69) is 25.9 Å². The predicted molar refractivity (Wildman–Crippen MR) is 91.9 cm³/mol. The molecular weight excluding hydrogens is 358 g/mol. The molecule has 4 rings (SSSR count). The lowest BCUT2D eigenvalue weighted by Gasteiger charge is -2.05. The van der Waals surface area contributed by atoms with Crippen LogP contribution in [-0.4, -0.2) is 35.9 Å². The molecule has 0 aliphatic heterocycles. The molecular formula is C15H11N7O3S. The van der Waals surface area contributed by atoms with Gasteiger partial charge in [-0.2, -0.15) is 9.36 Å². The van der Waals surface area contributed by atoms with E-state index >= 15 is 0 Å². The number of rotatable bonds is 5. The van der Waals surface area contributed by atoms with E-state index in [0.717, 1.165) is 9.36 Å². The summed E-state index contributed by atoms with van der Waals surface area (Å²) in [5.74, 6) is -0.0655. The fourth-order valence-electron chi connectivity index (χ4n) is 2.27. The number of amides is 1. The Labute approximate surface area is 149 Å². The van der Waals surface area contributed by atoms with Crippen LogP contribution in [0, 0.1) is 0 Å². The van der Waals surface area contributed by atoms with Gasteiger partial charge in [0.25, 0.3) is 0 Å². The fourth-order valence-corrected chi connectivity index (χ4v) is 2.94. The highest BCUT2D eigenvalue weighted by molar-refractivity contribution is 7.12. The van der Waals surface area contributed by atoms with Crippen molar-refractivity contribution in [1.29, 1.82) is 0 Å². The molecule has 0 aliphatic rings. The number of tetrazole rings is 1. The highest BCUT2D eigenvalue weighted by atomic mass is 32.1. The summed E-state index contributed by atoms with van der Waals surface area (Å²) in [7, 11) is 0. The zero-order valence-corrected chi connectivity index (χ0v) is 14.0. The SMILES string of the molecule is O=C(Cn1nnn(-c2cccs2)c1=O)Nc1cccc(-c2nnco2)c1. The zero-order chi connectivity index (χ0) is 17.9. The molecule has 26 heavy (non-hydrogen) atoms. The minimum absolute atomic E-state index is 0.255. The summed E-state index contributed by atoms with van der Waals surface area (Å²) in [6.45, 7) is -0.255. The van der Waals surface area contributed by atoms with E-state index in [9.17, 15) is 9.59 Å². The molecule has 0 aliphatic carbocycles. The summed E-state index contributed by atoms with van der Waals surface area (Å²) in [5.41, 5.74) is 0.715. The second-order valence-electron chi connectivity index (χ2n) is 5.16. The van der Waals surface area contributed by atoms with E-state index in [0.29, 0.717) is 22.1 Å². The maximum atomic E-state index is 12.3. The Bertz CT molecular complexity index is 1080. The summed E-state index contributed by atoms with van der Waals surface area (Å²) >= 11 is 1.35. The van der Waals surface area contributed by atoms with Gasteiger partial charge in [0.05, 0.1) is 0 Å². The molecule has 0 radical (unpaired) electrons. The first-order valence-corrected chi connectivity index (χ1v) is 8.32. The number of nitrogens with one attached hydrogen (secondary N) is 1. The van der Waals surface area contributed by atoms with Gasteiger partial charge >= 0.3 is 5.69 Å². The van der Waals surface area contributed by atoms with Crippen molar-refractivity contribution < 1.29 is 9.21 Å². The first-order chi connectivity index (χ1) is 12.7. The largest absolute Gasteiger partial charge is 0.423 e. The molecule has 0 saturated heterocycles. The Morgan fingerprint density at radius 1 is 1.23 bits per heavy atom. The van der Waals surface area contributed by atoms with Gasteiger partial charge in [0.2, 0.25) is 18.2 Å². The number of hydrogen-bond donors (Lipinski definition) is 1. The topological polar surface area (TPSA) is 121 Å². The van der Waals surface area contributed by atoms with Crippen molar-refractivity contribution in [3.63, 3.8) is 0 Å². The molecule has 0 bridgehead atoms. The van der Waals surface area contributed by atoms with Gasteiger partial charge in [0.1, 0.15) is 11.5 Å². The second kappa shape index (κ2) is 6.72. The standard InChI is InChI=1S/C15H11N7O3S/c23-12(8-21-15(24)22(20-19-21)13-5-2-6-26-13)17-11-4-1-3-10(7-11)14-18-16-9-25-14/h1-7,9H,8H2,(H,17,23). The van der Waals surface area contributed by atoms with Gasteiger partial charge in [-0.1, -0.05) is 6.07 Å². The first kappa shape index (κ1) is 15.9. The normalized spacial score (nSPS) is 10.8. The van der Waals surface area contributed by atoms with E-state index in [-0.39, 0.29) is 6.54 Å². The smallest absolute Gasteiger partial charge is 0.369 e. The van der Waals surface area contributed by atoms with Crippen LogP contribution < -0.4 is 11.0 Å². The minimum atomic E-state index is -0.484.